The molecule has 0 aliphatic heterocycles. The van der Waals surface area contributed by atoms with Crippen molar-refractivity contribution < 1.29 is 19.1 Å². The molecule has 2 aromatic carbocycles. The van der Waals surface area contributed by atoms with Gasteiger partial charge in [-0.2, -0.15) is 0 Å². The minimum atomic E-state index is -0.599. The molecule has 0 atom stereocenters. The first-order valence-corrected chi connectivity index (χ1v) is 8.03. The van der Waals surface area contributed by atoms with Crippen LogP contribution in [0.15, 0.2) is 54.6 Å². The van der Waals surface area contributed by atoms with Crippen LogP contribution in [-0.4, -0.2) is 24.8 Å². The Morgan fingerprint density at radius 1 is 0.960 bits per heavy atom. The van der Waals surface area contributed by atoms with Crippen molar-refractivity contribution in [1.29, 1.82) is 0 Å². The lowest BCUT2D eigenvalue weighted by Crippen LogP contribution is -2.36. The fraction of sp³-hybridized carbons (Fsp3) is 0.300. The summed E-state index contributed by atoms with van der Waals surface area (Å²) in [4.78, 5) is 25.8. The molecule has 25 heavy (non-hydrogen) atoms. The SMILES string of the molecule is COC(=O)c1ccc(N(Cc2ccccc2)C(=O)OC(C)(C)C)cc1. The molecule has 2 rings (SSSR count). The van der Waals surface area contributed by atoms with E-state index in [1.807, 2.05) is 51.1 Å². The van der Waals surface area contributed by atoms with Gasteiger partial charge in [0.05, 0.1) is 19.2 Å². The fourth-order valence-electron chi connectivity index (χ4n) is 2.24. The van der Waals surface area contributed by atoms with Crippen molar-refractivity contribution in [3.8, 4) is 0 Å². The molecule has 0 unspecified atom stereocenters. The number of methoxy groups -OCH3 is 1. The van der Waals surface area contributed by atoms with Crippen molar-refractivity contribution in [3.05, 3.63) is 65.7 Å². The van der Waals surface area contributed by atoms with Crippen molar-refractivity contribution in [1.82, 2.24) is 0 Å². The Bertz CT molecular complexity index is 718. The lowest BCUT2D eigenvalue weighted by Gasteiger charge is -2.27. The molecule has 0 fully saturated rings. The van der Waals surface area contributed by atoms with Crippen molar-refractivity contribution in [2.45, 2.75) is 32.9 Å². The molecule has 1 amide bonds. The zero-order chi connectivity index (χ0) is 18.4. The average Bonchev–Trinajstić information content (AvgIpc) is 2.58. The predicted molar refractivity (Wildman–Crippen MR) is 96.6 cm³/mol. The summed E-state index contributed by atoms with van der Waals surface area (Å²) < 4.78 is 10.2. The van der Waals surface area contributed by atoms with E-state index in [2.05, 4.69) is 0 Å². The van der Waals surface area contributed by atoms with Crippen LogP contribution in [0, 0.1) is 0 Å². The van der Waals surface area contributed by atoms with Gasteiger partial charge in [0, 0.05) is 5.69 Å². The zero-order valence-corrected chi connectivity index (χ0v) is 15.0. The van der Waals surface area contributed by atoms with Crippen LogP contribution in [0.4, 0.5) is 10.5 Å². The van der Waals surface area contributed by atoms with Gasteiger partial charge in [-0.15, -0.1) is 0 Å². The third-order valence-electron chi connectivity index (χ3n) is 3.40. The summed E-state index contributed by atoms with van der Waals surface area (Å²) in [6.07, 6.45) is -0.442. The molecule has 0 saturated carbocycles. The smallest absolute Gasteiger partial charge is 0.415 e. The minimum absolute atomic E-state index is 0.368. The molecule has 0 saturated heterocycles. The lowest BCUT2D eigenvalue weighted by molar-refractivity contribution is 0.0575. The molecule has 0 heterocycles. The van der Waals surface area contributed by atoms with Crippen LogP contribution in [-0.2, 0) is 16.0 Å². The summed E-state index contributed by atoms with van der Waals surface area (Å²) in [6, 6.07) is 16.3. The number of nitrogens with zero attached hydrogens (tertiary/aromatic N) is 1. The number of rotatable bonds is 4. The summed E-state index contributed by atoms with van der Waals surface area (Å²) in [5.74, 6) is -0.418. The number of hydrogen-bond acceptors (Lipinski definition) is 4. The Morgan fingerprint density at radius 3 is 2.08 bits per heavy atom. The van der Waals surface area contributed by atoms with Crippen LogP contribution < -0.4 is 4.90 Å². The van der Waals surface area contributed by atoms with E-state index in [1.165, 1.54) is 7.11 Å². The van der Waals surface area contributed by atoms with E-state index in [-0.39, 0.29) is 0 Å². The maximum atomic E-state index is 12.7. The second kappa shape index (κ2) is 7.83. The molecule has 0 bridgehead atoms. The number of anilines is 1. The largest absolute Gasteiger partial charge is 0.465 e. The number of carbonyl (C=O) groups is 2. The lowest BCUT2D eigenvalue weighted by atomic mass is 10.1. The number of hydrogen-bond donors (Lipinski definition) is 0. The van der Waals surface area contributed by atoms with Crippen molar-refractivity contribution in [2.24, 2.45) is 0 Å². The van der Waals surface area contributed by atoms with Crippen LogP contribution in [0.2, 0.25) is 0 Å². The molecular weight excluding hydrogens is 318 g/mol. The summed E-state index contributed by atoms with van der Waals surface area (Å²) >= 11 is 0. The molecule has 132 valence electrons. The third kappa shape index (κ3) is 5.35. The average molecular weight is 341 g/mol. The van der Waals surface area contributed by atoms with Gasteiger partial charge in [0.2, 0.25) is 0 Å². The van der Waals surface area contributed by atoms with Crippen LogP contribution in [0.3, 0.4) is 0 Å². The summed E-state index contributed by atoms with van der Waals surface area (Å²) in [7, 11) is 1.33. The van der Waals surface area contributed by atoms with E-state index >= 15 is 0 Å². The van der Waals surface area contributed by atoms with E-state index in [9.17, 15) is 9.59 Å². The van der Waals surface area contributed by atoms with Crippen molar-refractivity contribution in [2.75, 3.05) is 12.0 Å². The molecule has 0 aliphatic carbocycles. The normalized spacial score (nSPS) is 10.9. The minimum Gasteiger partial charge on any atom is -0.465 e. The topological polar surface area (TPSA) is 55.8 Å². The molecular formula is C20H23NO4. The highest BCUT2D eigenvalue weighted by atomic mass is 16.6. The first-order valence-electron chi connectivity index (χ1n) is 8.03. The summed E-state index contributed by atoms with van der Waals surface area (Å²) in [5.41, 5.74) is 1.45. The van der Waals surface area contributed by atoms with Crippen LogP contribution >= 0.6 is 0 Å². The van der Waals surface area contributed by atoms with Gasteiger partial charge in [-0.25, -0.2) is 9.59 Å². The highest BCUT2D eigenvalue weighted by Gasteiger charge is 2.24. The van der Waals surface area contributed by atoms with Gasteiger partial charge in [0.25, 0.3) is 0 Å². The molecule has 5 nitrogen and oxygen atoms in total. The monoisotopic (exact) mass is 341 g/mol. The first kappa shape index (κ1) is 18.5. The Morgan fingerprint density at radius 2 is 1.56 bits per heavy atom. The third-order valence-corrected chi connectivity index (χ3v) is 3.40. The summed E-state index contributed by atoms with van der Waals surface area (Å²) in [5, 5.41) is 0. The van der Waals surface area contributed by atoms with Crippen molar-refractivity contribution in [3.63, 3.8) is 0 Å². The molecule has 0 radical (unpaired) electrons. The van der Waals surface area contributed by atoms with Gasteiger partial charge in [-0.05, 0) is 50.6 Å². The first-order chi connectivity index (χ1) is 11.8. The van der Waals surface area contributed by atoms with Gasteiger partial charge in [0.1, 0.15) is 5.60 Å². The number of benzene rings is 2. The Labute approximate surface area is 148 Å². The molecule has 5 heteroatoms. The van der Waals surface area contributed by atoms with Crippen molar-refractivity contribution >= 4 is 17.7 Å². The Kier molecular flexibility index (Phi) is 5.80. The number of esters is 1. The van der Waals surface area contributed by atoms with E-state index in [4.69, 9.17) is 9.47 Å². The van der Waals surface area contributed by atoms with Gasteiger partial charge in [-0.3, -0.25) is 4.90 Å². The molecule has 2 aromatic rings. The molecule has 0 spiro atoms. The second-order valence-electron chi connectivity index (χ2n) is 6.59. The standard InChI is InChI=1S/C20H23NO4/c1-20(2,3)25-19(23)21(14-15-8-6-5-7-9-15)17-12-10-16(11-13-17)18(22)24-4/h5-13H,14H2,1-4H3. The maximum absolute atomic E-state index is 12.7. The Balaban J connectivity index is 2.30. The number of amides is 1. The van der Waals surface area contributed by atoms with Gasteiger partial charge in [0.15, 0.2) is 0 Å². The quantitative estimate of drug-likeness (QED) is 0.773. The van der Waals surface area contributed by atoms with E-state index in [0.717, 1.165) is 5.56 Å². The van der Waals surface area contributed by atoms with E-state index in [1.54, 1.807) is 29.2 Å². The molecule has 0 aromatic heterocycles. The van der Waals surface area contributed by atoms with Gasteiger partial charge >= 0.3 is 12.1 Å². The van der Waals surface area contributed by atoms with Crippen LogP contribution in [0.25, 0.3) is 0 Å². The number of ether oxygens (including phenoxy) is 2. The number of carbonyl (C=O) groups excluding carboxylic acids is 2. The maximum Gasteiger partial charge on any atom is 0.415 e. The zero-order valence-electron chi connectivity index (χ0n) is 15.0. The fourth-order valence-corrected chi connectivity index (χ4v) is 2.24. The summed E-state index contributed by atoms with van der Waals surface area (Å²) in [6.45, 7) is 5.84. The molecule has 0 N–H and O–H groups in total. The van der Waals surface area contributed by atoms with Crippen LogP contribution in [0.5, 0.6) is 0 Å². The van der Waals surface area contributed by atoms with Crippen LogP contribution in [0.1, 0.15) is 36.7 Å². The van der Waals surface area contributed by atoms with Gasteiger partial charge in [-0.1, -0.05) is 30.3 Å². The second-order valence-corrected chi connectivity index (χ2v) is 6.59. The van der Waals surface area contributed by atoms with Gasteiger partial charge < -0.3 is 9.47 Å². The highest BCUT2D eigenvalue weighted by molar-refractivity contribution is 5.91. The van der Waals surface area contributed by atoms with E-state index in [0.29, 0.717) is 17.8 Å². The van der Waals surface area contributed by atoms with E-state index < -0.39 is 17.7 Å². The molecule has 0 aliphatic rings. The highest BCUT2D eigenvalue weighted by Crippen LogP contribution is 2.22. The Hall–Kier alpha value is -2.82. The predicted octanol–water partition coefficient (Wildman–Crippen LogP) is 4.41.